The van der Waals surface area contributed by atoms with E-state index in [4.69, 9.17) is 9.47 Å². The van der Waals surface area contributed by atoms with Crippen LogP contribution in [-0.4, -0.2) is 16.0 Å². The summed E-state index contributed by atoms with van der Waals surface area (Å²) in [4.78, 5) is 0. The molecule has 0 radical (unpaired) electrons. The second kappa shape index (κ2) is 6.46. The average molecular weight is 353 g/mol. The maximum atomic E-state index is 13.1. The molecule has 0 saturated heterocycles. The molecule has 0 fully saturated rings. The fourth-order valence-corrected chi connectivity index (χ4v) is 3.03. The van der Waals surface area contributed by atoms with E-state index in [1.54, 1.807) is 18.3 Å². The number of H-pyrrole nitrogens is 1. The topological polar surface area (TPSA) is 59.2 Å². The number of nitrogens with one attached hydrogen (secondary N) is 2. The fourth-order valence-electron chi connectivity index (χ4n) is 3.03. The molecule has 6 heteroatoms. The maximum Gasteiger partial charge on any atom is 0.246 e. The van der Waals surface area contributed by atoms with Gasteiger partial charge in [-0.25, -0.2) is 4.39 Å². The Morgan fingerprint density at radius 1 is 1.04 bits per heavy atom. The van der Waals surface area contributed by atoms with E-state index < -0.39 is 5.79 Å². The minimum Gasteiger partial charge on any atom is -0.449 e. The van der Waals surface area contributed by atoms with Gasteiger partial charge in [0.1, 0.15) is 5.82 Å². The molecule has 0 saturated carbocycles. The van der Waals surface area contributed by atoms with Gasteiger partial charge in [-0.3, -0.25) is 5.10 Å². The van der Waals surface area contributed by atoms with Crippen LogP contribution in [0.25, 0.3) is 11.3 Å². The van der Waals surface area contributed by atoms with Crippen LogP contribution < -0.4 is 14.8 Å². The van der Waals surface area contributed by atoms with Crippen molar-refractivity contribution >= 4 is 0 Å². The largest absolute Gasteiger partial charge is 0.449 e. The van der Waals surface area contributed by atoms with Crippen LogP contribution in [0.1, 0.15) is 25.0 Å². The lowest BCUT2D eigenvalue weighted by molar-refractivity contribution is -0.0431. The predicted molar refractivity (Wildman–Crippen MR) is 96.3 cm³/mol. The lowest BCUT2D eigenvalue weighted by atomic mass is 10.1. The van der Waals surface area contributed by atoms with Gasteiger partial charge >= 0.3 is 0 Å². The van der Waals surface area contributed by atoms with Gasteiger partial charge in [0.05, 0.1) is 11.9 Å². The summed E-state index contributed by atoms with van der Waals surface area (Å²) in [6, 6.07) is 12.3. The second-order valence-corrected chi connectivity index (χ2v) is 6.77. The smallest absolute Gasteiger partial charge is 0.246 e. The number of aromatic nitrogens is 2. The molecule has 0 amide bonds. The van der Waals surface area contributed by atoms with Crippen molar-refractivity contribution in [2.45, 2.75) is 32.7 Å². The van der Waals surface area contributed by atoms with Crippen molar-refractivity contribution < 1.29 is 13.9 Å². The van der Waals surface area contributed by atoms with E-state index >= 15 is 0 Å². The van der Waals surface area contributed by atoms with E-state index in [9.17, 15) is 4.39 Å². The number of rotatable bonds is 5. The summed E-state index contributed by atoms with van der Waals surface area (Å²) in [7, 11) is 0. The van der Waals surface area contributed by atoms with Gasteiger partial charge in [-0.05, 0) is 42.0 Å². The van der Waals surface area contributed by atoms with E-state index in [-0.39, 0.29) is 5.82 Å². The number of aromatic amines is 1. The first-order valence-corrected chi connectivity index (χ1v) is 8.50. The summed E-state index contributed by atoms with van der Waals surface area (Å²) in [6.07, 6.45) is 1.79. The molecule has 0 spiro atoms. The van der Waals surface area contributed by atoms with Crippen LogP contribution in [0.2, 0.25) is 0 Å². The lowest BCUT2D eigenvalue weighted by Gasteiger charge is -2.16. The van der Waals surface area contributed by atoms with Gasteiger partial charge < -0.3 is 14.8 Å². The van der Waals surface area contributed by atoms with Crippen molar-refractivity contribution in [1.82, 2.24) is 15.5 Å². The molecule has 5 nitrogen and oxygen atoms in total. The molecule has 4 rings (SSSR count). The Hall–Kier alpha value is -2.86. The van der Waals surface area contributed by atoms with E-state index in [2.05, 4.69) is 15.5 Å². The highest BCUT2D eigenvalue weighted by atomic mass is 19.1. The van der Waals surface area contributed by atoms with E-state index in [1.807, 2.05) is 32.0 Å². The Bertz CT molecular complexity index is 919. The molecule has 1 aliphatic rings. The molecule has 26 heavy (non-hydrogen) atoms. The minimum atomic E-state index is -0.616. The molecule has 3 aromatic rings. The van der Waals surface area contributed by atoms with Crippen molar-refractivity contribution in [3.63, 3.8) is 0 Å². The van der Waals surface area contributed by atoms with Gasteiger partial charge in [0.25, 0.3) is 0 Å². The molecule has 1 aliphatic heterocycles. The summed E-state index contributed by atoms with van der Waals surface area (Å²) < 4.78 is 24.6. The Morgan fingerprint density at radius 3 is 2.62 bits per heavy atom. The van der Waals surface area contributed by atoms with Crippen LogP contribution in [-0.2, 0) is 13.1 Å². The second-order valence-electron chi connectivity index (χ2n) is 6.77. The summed E-state index contributed by atoms with van der Waals surface area (Å²) in [5.41, 5.74) is 3.94. The molecule has 0 unspecified atom stereocenters. The van der Waals surface area contributed by atoms with Crippen molar-refractivity contribution in [3.8, 4) is 22.8 Å². The highest BCUT2D eigenvalue weighted by Gasteiger charge is 2.31. The Balaban J connectivity index is 1.41. The first-order chi connectivity index (χ1) is 12.5. The zero-order valence-corrected chi connectivity index (χ0v) is 14.7. The predicted octanol–water partition coefficient (Wildman–Crippen LogP) is 4.01. The van der Waals surface area contributed by atoms with Crippen molar-refractivity contribution in [2.75, 3.05) is 0 Å². The maximum absolute atomic E-state index is 13.1. The van der Waals surface area contributed by atoms with E-state index in [0.29, 0.717) is 13.1 Å². The van der Waals surface area contributed by atoms with Gasteiger partial charge in [-0.15, -0.1) is 0 Å². The highest BCUT2D eigenvalue weighted by Crippen LogP contribution is 2.39. The minimum absolute atomic E-state index is 0.251. The third-order valence-corrected chi connectivity index (χ3v) is 4.21. The Morgan fingerprint density at radius 2 is 1.81 bits per heavy atom. The molecule has 1 aromatic heterocycles. The SMILES string of the molecule is CC1(C)Oc2ccc(CNCc3cn[nH]c3-c3ccc(F)cc3)cc2O1. The zero-order valence-electron chi connectivity index (χ0n) is 14.7. The van der Waals surface area contributed by atoms with Gasteiger partial charge in [0.2, 0.25) is 5.79 Å². The number of halogens is 1. The molecule has 2 N–H and O–H groups in total. The van der Waals surface area contributed by atoms with Crippen molar-refractivity contribution in [2.24, 2.45) is 0 Å². The van der Waals surface area contributed by atoms with Crippen LogP contribution in [0.5, 0.6) is 11.5 Å². The number of benzene rings is 2. The normalized spacial score (nSPS) is 14.6. The van der Waals surface area contributed by atoms with Crippen LogP contribution >= 0.6 is 0 Å². The van der Waals surface area contributed by atoms with Gasteiger partial charge in [-0.2, -0.15) is 5.10 Å². The quantitative estimate of drug-likeness (QED) is 0.728. The van der Waals surface area contributed by atoms with Crippen LogP contribution in [0.15, 0.2) is 48.7 Å². The fraction of sp³-hybridized carbons (Fsp3) is 0.250. The summed E-state index contributed by atoms with van der Waals surface area (Å²) in [5, 5.41) is 10.5. The molecular formula is C20H20FN3O2. The number of hydrogen-bond acceptors (Lipinski definition) is 4. The van der Waals surface area contributed by atoms with Crippen LogP contribution in [0.3, 0.4) is 0 Å². The number of nitrogens with zero attached hydrogens (tertiary/aromatic N) is 1. The number of hydrogen-bond donors (Lipinski definition) is 2. The van der Waals surface area contributed by atoms with Crippen molar-refractivity contribution in [3.05, 3.63) is 65.6 Å². The molecule has 134 valence electrons. The highest BCUT2D eigenvalue weighted by molar-refractivity contribution is 5.62. The first kappa shape index (κ1) is 16.6. The Kier molecular flexibility index (Phi) is 4.12. The third-order valence-electron chi connectivity index (χ3n) is 4.21. The van der Waals surface area contributed by atoms with Crippen LogP contribution in [0, 0.1) is 5.82 Å². The average Bonchev–Trinajstić information content (AvgIpc) is 3.17. The molecule has 0 atom stereocenters. The monoisotopic (exact) mass is 353 g/mol. The molecule has 2 heterocycles. The lowest BCUT2D eigenvalue weighted by Crippen LogP contribution is -2.29. The molecule has 2 aromatic carbocycles. The summed E-state index contributed by atoms with van der Waals surface area (Å²) in [5.74, 6) is 0.672. The van der Waals surface area contributed by atoms with Crippen molar-refractivity contribution in [1.29, 1.82) is 0 Å². The van der Waals surface area contributed by atoms with Gasteiger partial charge in [-0.1, -0.05) is 6.07 Å². The molecule has 0 bridgehead atoms. The Labute approximate surface area is 151 Å². The third kappa shape index (κ3) is 3.41. The summed E-state index contributed by atoms with van der Waals surface area (Å²) >= 11 is 0. The van der Waals surface area contributed by atoms with Gasteiger partial charge in [0, 0.05) is 38.1 Å². The molecule has 0 aliphatic carbocycles. The number of ether oxygens (including phenoxy) is 2. The summed E-state index contributed by atoms with van der Waals surface area (Å²) in [6.45, 7) is 5.11. The van der Waals surface area contributed by atoms with Gasteiger partial charge in [0.15, 0.2) is 11.5 Å². The van der Waals surface area contributed by atoms with Crippen LogP contribution in [0.4, 0.5) is 4.39 Å². The standard InChI is InChI=1S/C20H20FN3O2/c1-20(2)25-17-8-3-13(9-18(17)26-20)10-22-11-15-12-23-24-19(15)14-4-6-16(21)7-5-14/h3-9,12,22H,10-11H2,1-2H3,(H,23,24). The molecular weight excluding hydrogens is 333 g/mol. The number of fused-ring (bicyclic) bond motifs is 1. The zero-order chi connectivity index (χ0) is 18.1. The van der Waals surface area contributed by atoms with E-state index in [0.717, 1.165) is 33.9 Å². The first-order valence-electron chi connectivity index (χ1n) is 8.50. The van der Waals surface area contributed by atoms with E-state index in [1.165, 1.54) is 12.1 Å².